The van der Waals surface area contributed by atoms with Crippen molar-refractivity contribution in [1.82, 2.24) is 14.7 Å². The summed E-state index contributed by atoms with van der Waals surface area (Å²) in [6, 6.07) is 8.05. The van der Waals surface area contributed by atoms with Crippen molar-refractivity contribution in [3.8, 4) is 0 Å². The van der Waals surface area contributed by atoms with E-state index in [1.165, 1.54) is 12.7 Å². The molecule has 2 amide bonds. The first kappa shape index (κ1) is 17.9. The summed E-state index contributed by atoms with van der Waals surface area (Å²) >= 11 is 0. The maximum atomic E-state index is 13.0. The lowest BCUT2D eigenvalue weighted by atomic mass is 10.1. The molecule has 2 fully saturated rings. The number of carbonyl (C=O) groups is 2. The molecular weight excluding hydrogens is 318 g/mol. The second kappa shape index (κ2) is 7.97. The highest BCUT2D eigenvalue weighted by Gasteiger charge is 2.38. The van der Waals surface area contributed by atoms with E-state index >= 15 is 0 Å². The standard InChI is InChI=1S/C19H27N3O3/c1-15-5-3-6-16(11-15)12-22-10-9-20-7-4-8-21(18(23)14-25-2)13-17(20)19(22)24/h3,5-6,11,17H,4,7-10,12-14H2,1-2H3. The third-order valence-electron chi connectivity index (χ3n) is 5.04. The minimum absolute atomic E-state index is 0.0343. The highest BCUT2D eigenvalue weighted by Crippen LogP contribution is 2.19. The quantitative estimate of drug-likeness (QED) is 0.813. The summed E-state index contributed by atoms with van der Waals surface area (Å²) < 4.78 is 4.97. The molecule has 0 saturated carbocycles. The number of carbonyl (C=O) groups excluding carboxylic acids is 2. The fraction of sp³-hybridized carbons (Fsp3) is 0.579. The van der Waals surface area contributed by atoms with Gasteiger partial charge in [0.25, 0.3) is 0 Å². The van der Waals surface area contributed by atoms with E-state index in [0.717, 1.165) is 31.6 Å². The Bertz CT molecular complexity index is 634. The van der Waals surface area contributed by atoms with E-state index in [4.69, 9.17) is 4.74 Å². The molecule has 0 aliphatic carbocycles. The van der Waals surface area contributed by atoms with E-state index < -0.39 is 0 Å². The number of hydrogen-bond donors (Lipinski definition) is 0. The van der Waals surface area contributed by atoms with Crippen LogP contribution in [-0.2, 0) is 20.9 Å². The maximum Gasteiger partial charge on any atom is 0.248 e. The Morgan fingerprint density at radius 1 is 1.24 bits per heavy atom. The van der Waals surface area contributed by atoms with Crippen LogP contribution in [0, 0.1) is 6.92 Å². The molecule has 2 saturated heterocycles. The summed E-state index contributed by atoms with van der Waals surface area (Å²) in [5, 5.41) is 0. The number of nitrogens with zero attached hydrogens (tertiary/aromatic N) is 3. The number of methoxy groups -OCH3 is 1. The first-order valence-electron chi connectivity index (χ1n) is 8.93. The third-order valence-corrected chi connectivity index (χ3v) is 5.04. The molecule has 1 aromatic rings. The molecule has 3 rings (SSSR count). The van der Waals surface area contributed by atoms with Gasteiger partial charge in [0.15, 0.2) is 0 Å². The predicted molar refractivity (Wildman–Crippen MR) is 95.0 cm³/mol. The Balaban J connectivity index is 1.70. The van der Waals surface area contributed by atoms with Crippen LogP contribution >= 0.6 is 0 Å². The number of hydrogen-bond acceptors (Lipinski definition) is 4. The van der Waals surface area contributed by atoms with Gasteiger partial charge in [0.1, 0.15) is 12.6 Å². The van der Waals surface area contributed by atoms with Gasteiger partial charge < -0.3 is 14.5 Å². The van der Waals surface area contributed by atoms with Gasteiger partial charge in [0.05, 0.1) is 0 Å². The molecule has 0 radical (unpaired) electrons. The van der Waals surface area contributed by atoms with Crippen LogP contribution in [0.4, 0.5) is 0 Å². The van der Waals surface area contributed by atoms with Crippen LogP contribution in [0.2, 0.25) is 0 Å². The summed E-state index contributed by atoms with van der Waals surface area (Å²) in [5.41, 5.74) is 2.36. The lowest BCUT2D eigenvalue weighted by molar-refractivity contribution is -0.144. The SMILES string of the molecule is COCC(=O)N1CCCN2CCN(Cc3cccc(C)c3)C(=O)C2C1. The Kier molecular flexibility index (Phi) is 5.71. The third kappa shape index (κ3) is 4.19. The molecular formula is C19H27N3O3. The van der Waals surface area contributed by atoms with Gasteiger partial charge in [0.2, 0.25) is 11.8 Å². The molecule has 25 heavy (non-hydrogen) atoms. The van der Waals surface area contributed by atoms with E-state index in [0.29, 0.717) is 19.6 Å². The molecule has 0 bridgehead atoms. The molecule has 2 aliphatic heterocycles. The first-order chi connectivity index (χ1) is 12.1. The number of ether oxygens (including phenoxy) is 1. The fourth-order valence-corrected chi connectivity index (χ4v) is 3.74. The van der Waals surface area contributed by atoms with E-state index in [1.807, 2.05) is 11.0 Å². The van der Waals surface area contributed by atoms with Crippen LogP contribution in [0.15, 0.2) is 24.3 Å². The zero-order valence-corrected chi connectivity index (χ0v) is 15.1. The van der Waals surface area contributed by atoms with Crippen LogP contribution in [-0.4, -0.2) is 79.0 Å². The highest BCUT2D eigenvalue weighted by molar-refractivity contribution is 5.84. The van der Waals surface area contributed by atoms with Crippen LogP contribution < -0.4 is 0 Å². The van der Waals surface area contributed by atoms with Crippen LogP contribution in [0.5, 0.6) is 0 Å². The van der Waals surface area contributed by atoms with Crippen molar-refractivity contribution in [3.05, 3.63) is 35.4 Å². The molecule has 1 atom stereocenters. The fourth-order valence-electron chi connectivity index (χ4n) is 3.74. The molecule has 2 heterocycles. The molecule has 0 N–H and O–H groups in total. The highest BCUT2D eigenvalue weighted by atomic mass is 16.5. The normalized spacial score (nSPS) is 21.8. The van der Waals surface area contributed by atoms with Gasteiger partial charge in [-0.15, -0.1) is 0 Å². The van der Waals surface area contributed by atoms with E-state index in [-0.39, 0.29) is 24.5 Å². The largest absolute Gasteiger partial charge is 0.375 e. The summed E-state index contributed by atoms with van der Waals surface area (Å²) in [4.78, 5) is 31.2. The minimum atomic E-state index is -0.234. The Hall–Kier alpha value is -1.92. The average Bonchev–Trinajstić information content (AvgIpc) is 2.81. The van der Waals surface area contributed by atoms with Gasteiger partial charge in [-0.1, -0.05) is 29.8 Å². The summed E-state index contributed by atoms with van der Waals surface area (Å²) in [5.74, 6) is 0.0952. The number of rotatable bonds is 4. The van der Waals surface area contributed by atoms with Crippen molar-refractivity contribution in [2.24, 2.45) is 0 Å². The van der Waals surface area contributed by atoms with E-state index in [2.05, 4.69) is 30.0 Å². The Morgan fingerprint density at radius 3 is 2.84 bits per heavy atom. The zero-order chi connectivity index (χ0) is 17.8. The van der Waals surface area contributed by atoms with Crippen molar-refractivity contribution >= 4 is 11.8 Å². The molecule has 0 spiro atoms. The molecule has 6 nitrogen and oxygen atoms in total. The van der Waals surface area contributed by atoms with Crippen molar-refractivity contribution in [1.29, 1.82) is 0 Å². The molecule has 136 valence electrons. The van der Waals surface area contributed by atoms with Gasteiger partial charge >= 0.3 is 0 Å². The molecule has 1 unspecified atom stereocenters. The van der Waals surface area contributed by atoms with Gasteiger partial charge in [-0.25, -0.2) is 0 Å². The zero-order valence-electron chi connectivity index (χ0n) is 15.1. The number of fused-ring (bicyclic) bond motifs is 1. The van der Waals surface area contributed by atoms with Crippen molar-refractivity contribution < 1.29 is 14.3 Å². The molecule has 0 aromatic heterocycles. The van der Waals surface area contributed by atoms with Gasteiger partial charge in [-0.2, -0.15) is 0 Å². The van der Waals surface area contributed by atoms with E-state index in [1.54, 1.807) is 4.90 Å². The van der Waals surface area contributed by atoms with E-state index in [9.17, 15) is 9.59 Å². The summed E-state index contributed by atoms with van der Waals surface area (Å²) in [6.45, 7) is 6.42. The predicted octanol–water partition coefficient (Wildman–Crippen LogP) is 0.887. The number of aryl methyl sites for hydroxylation is 1. The van der Waals surface area contributed by atoms with Gasteiger partial charge in [0, 0.05) is 46.4 Å². The smallest absolute Gasteiger partial charge is 0.248 e. The van der Waals surface area contributed by atoms with Crippen LogP contribution in [0.3, 0.4) is 0 Å². The lowest BCUT2D eigenvalue weighted by Gasteiger charge is -2.40. The second-order valence-corrected chi connectivity index (χ2v) is 6.93. The monoisotopic (exact) mass is 345 g/mol. The van der Waals surface area contributed by atoms with Gasteiger partial charge in [-0.3, -0.25) is 14.5 Å². The number of amides is 2. The van der Waals surface area contributed by atoms with Crippen LogP contribution in [0.1, 0.15) is 17.5 Å². The second-order valence-electron chi connectivity index (χ2n) is 6.93. The first-order valence-corrected chi connectivity index (χ1v) is 8.93. The number of piperazine rings is 1. The molecule has 1 aromatic carbocycles. The van der Waals surface area contributed by atoms with Crippen LogP contribution in [0.25, 0.3) is 0 Å². The Morgan fingerprint density at radius 2 is 2.08 bits per heavy atom. The maximum absolute atomic E-state index is 13.0. The summed E-state index contributed by atoms with van der Waals surface area (Å²) in [7, 11) is 1.53. The number of benzene rings is 1. The van der Waals surface area contributed by atoms with Crippen molar-refractivity contribution in [3.63, 3.8) is 0 Å². The Labute approximate surface area is 149 Å². The molecule has 6 heteroatoms. The minimum Gasteiger partial charge on any atom is -0.375 e. The summed E-state index contributed by atoms with van der Waals surface area (Å²) in [6.07, 6.45) is 0.900. The topological polar surface area (TPSA) is 53.1 Å². The molecule has 2 aliphatic rings. The average molecular weight is 345 g/mol. The van der Waals surface area contributed by atoms with Crippen molar-refractivity contribution in [2.75, 3.05) is 46.4 Å². The van der Waals surface area contributed by atoms with Crippen molar-refractivity contribution in [2.45, 2.75) is 25.9 Å². The lowest BCUT2D eigenvalue weighted by Crippen LogP contribution is -2.59. The van der Waals surface area contributed by atoms with Gasteiger partial charge in [-0.05, 0) is 18.9 Å².